The zero-order valence-corrected chi connectivity index (χ0v) is 12.5. The number of benzene rings is 3. The molecule has 0 bridgehead atoms. The zero-order chi connectivity index (χ0) is 14.8. The van der Waals surface area contributed by atoms with Crippen LogP contribution in [0, 0.1) is 17.1 Å². The predicted molar refractivity (Wildman–Crippen MR) is 86.0 cm³/mol. The summed E-state index contributed by atoms with van der Waals surface area (Å²) in [5.74, 6) is -0.521. The quantitative estimate of drug-likeness (QED) is 0.681. The molecule has 0 atom stereocenters. The summed E-state index contributed by atoms with van der Waals surface area (Å²) < 4.78 is 14.6. The molecule has 3 aromatic rings. The number of anilines is 2. The Hall–Kier alpha value is -2.38. The standard InChI is InChI=1S/C17H10BrFN2/c18-13-6-4-12-9-14(7-5-11(12)8-13)21-17-3-1-2-16(19)15(17)10-20/h1-9,21H. The van der Waals surface area contributed by atoms with Crippen molar-refractivity contribution in [2.45, 2.75) is 0 Å². The van der Waals surface area contributed by atoms with Gasteiger partial charge in [-0.3, -0.25) is 0 Å². The third-order valence-corrected chi connectivity index (χ3v) is 3.70. The molecule has 0 spiro atoms. The Balaban J connectivity index is 2.01. The highest BCUT2D eigenvalue weighted by atomic mass is 79.9. The highest BCUT2D eigenvalue weighted by molar-refractivity contribution is 9.10. The Labute approximate surface area is 130 Å². The number of hydrogen-bond donors (Lipinski definition) is 1. The van der Waals surface area contributed by atoms with Crippen LogP contribution in [-0.4, -0.2) is 0 Å². The van der Waals surface area contributed by atoms with Gasteiger partial charge in [-0.1, -0.05) is 34.1 Å². The predicted octanol–water partition coefficient (Wildman–Crippen LogP) is 5.36. The Kier molecular flexibility index (Phi) is 3.59. The molecule has 0 aliphatic carbocycles. The molecule has 0 aromatic heterocycles. The molecule has 0 amide bonds. The summed E-state index contributed by atoms with van der Waals surface area (Å²) >= 11 is 3.44. The van der Waals surface area contributed by atoms with Crippen LogP contribution in [0.4, 0.5) is 15.8 Å². The van der Waals surface area contributed by atoms with Gasteiger partial charge in [0.05, 0.1) is 5.69 Å². The van der Waals surface area contributed by atoms with Gasteiger partial charge in [-0.25, -0.2) is 4.39 Å². The van der Waals surface area contributed by atoms with Gasteiger partial charge in [0, 0.05) is 10.2 Å². The van der Waals surface area contributed by atoms with E-state index in [2.05, 4.69) is 21.2 Å². The van der Waals surface area contributed by atoms with Crippen molar-refractivity contribution in [3.63, 3.8) is 0 Å². The summed E-state index contributed by atoms with van der Waals surface area (Å²) in [4.78, 5) is 0. The lowest BCUT2D eigenvalue weighted by molar-refractivity contribution is 0.624. The van der Waals surface area contributed by atoms with Crippen LogP contribution in [0.5, 0.6) is 0 Å². The molecule has 0 fully saturated rings. The molecule has 3 rings (SSSR count). The Bertz CT molecular complexity index is 868. The second-order valence-corrected chi connectivity index (χ2v) is 5.52. The minimum absolute atomic E-state index is 0.0217. The molecule has 0 aliphatic rings. The van der Waals surface area contributed by atoms with E-state index in [1.165, 1.54) is 6.07 Å². The lowest BCUT2D eigenvalue weighted by Crippen LogP contribution is -1.96. The number of fused-ring (bicyclic) bond motifs is 1. The fraction of sp³-hybridized carbons (Fsp3) is 0. The molecule has 1 N–H and O–H groups in total. The molecule has 0 aliphatic heterocycles. The number of hydrogen-bond acceptors (Lipinski definition) is 2. The van der Waals surface area contributed by atoms with E-state index in [9.17, 15) is 4.39 Å². The third kappa shape index (κ3) is 2.74. The SMILES string of the molecule is N#Cc1c(F)cccc1Nc1ccc2cc(Br)ccc2c1. The summed E-state index contributed by atoms with van der Waals surface area (Å²) in [7, 11) is 0. The van der Waals surface area contributed by atoms with Crippen LogP contribution < -0.4 is 5.32 Å². The van der Waals surface area contributed by atoms with Gasteiger partial charge in [-0.15, -0.1) is 0 Å². The van der Waals surface area contributed by atoms with Gasteiger partial charge < -0.3 is 5.32 Å². The van der Waals surface area contributed by atoms with E-state index >= 15 is 0 Å². The normalized spacial score (nSPS) is 10.3. The molecule has 0 heterocycles. The molecule has 2 nitrogen and oxygen atoms in total. The molecule has 102 valence electrons. The van der Waals surface area contributed by atoms with E-state index in [1.54, 1.807) is 12.1 Å². The summed E-state index contributed by atoms with van der Waals surface area (Å²) in [6, 6.07) is 18.3. The Morgan fingerprint density at radius 2 is 1.76 bits per heavy atom. The van der Waals surface area contributed by atoms with Crippen molar-refractivity contribution in [2.75, 3.05) is 5.32 Å². The highest BCUT2D eigenvalue weighted by Gasteiger charge is 2.08. The first-order valence-electron chi connectivity index (χ1n) is 6.32. The summed E-state index contributed by atoms with van der Waals surface area (Å²) in [6.07, 6.45) is 0. The van der Waals surface area contributed by atoms with Crippen LogP contribution in [0.25, 0.3) is 10.8 Å². The van der Waals surface area contributed by atoms with Crippen LogP contribution in [-0.2, 0) is 0 Å². The number of rotatable bonds is 2. The van der Waals surface area contributed by atoms with E-state index in [0.717, 1.165) is 20.9 Å². The van der Waals surface area contributed by atoms with Gasteiger partial charge >= 0.3 is 0 Å². The van der Waals surface area contributed by atoms with E-state index in [-0.39, 0.29) is 5.56 Å². The monoisotopic (exact) mass is 340 g/mol. The van der Waals surface area contributed by atoms with Crippen molar-refractivity contribution in [1.29, 1.82) is 5.26 Å². The zero-order valence-electron chi connectivity index (χ0n) is 10.9. The first kappa shape index (κ1) is 13.6. The summed E-state index contributed by atoms with van der Waals surface area (Å²) in [6.45, 7) is 0. The number of nitriles is 1. The molecular formula is C17H10BrFN2. The van der Waals surface area contributed by atoms with Crippen molar-refractivity contribution in [3.05, 3.63) is 70.5 Å². The van der Waals surface area contributed by atoms with Crippen LogP contribution in [0.15, 0.2) is 59.1 Å². The maximum absolute atomic E-state index is 13.6. The number of halogens is 2. The molecule has 4 heteroatoms. The first-order chi connectivity index (χ1) is 10.2. The lowest BCUT2D eigenvalue weighted by Gasteiger charge is -2.10. The van der Waals surface area contributed by atoms with Gasteiger partial charge in [0.1, 0.15) is 17.4 Å². The molecule has 0 saturated carbocycles. The average molecular weight is 341 g/mol. The number of nitrogens with one attached hydrogen (secondary N) is 1. The molecule has 0 saturated heterocycles. The smallest absolute Gasteiger partial charge is 0.143 e. The molecule has 0 unspecified atom stereocenters. The van der Waals surface area contributed by atoms with Gasteiger partial charge in [0.15, 0.2) is 0 Å². The fourth-order valence-corrected chi connectivity index (χ4v) is 2.57. The second kappa shape index (κ2) is 5.55. The molecule has 0 radical (unpaired) electrons. The minimum atomic E-state index is -0.521. The average Bonchev–Trinajstić information content (AvgIpc) is 2.48. The van der Waals surface area contributed by atoms with Gasteiger partial charge in [0.25, 0.3) is 0 Å². The van der Waals surface area contributed by atoms with Gasteiger partial charge in [0.2, 0.25) is 0 Å². The van der Waals surface area contributed by atoms with Crippen LogP contribution >= 0.6 is 15.9 Å². The summed E-state index contributed by atoms with van der Waals surface area (Å²) in [5.41, 5.74) is 1.30. The lowest BCUT2D eigenvalue weighted by atomic mass is 10.1. The van der Waals surface area contributed by atoms with Crippen LogP contribution in [0.1, 0.15) is 5.56 Å². The Morgan fingerprint density at radius 3 is 2.57 bits per heavy atom. The minimum Gasteiger partial charge on any atom is -0.354 e. The molecule has 3 aromatic carbocycles. The van der Waals surface area contributed by atoms with Crippen molar-refractivity contribution in [3.8, 4) is 6.07 Å². The number of nitrogens with zero attached hydrogens (tertiary/aromatic N) is 1. The highest BCUT2D eigenvalue weighted by Crippen LogP contribution is 2.27. The van der Waals surface area contributed by atoms with Crippen molar-refractivity contribution < 1.29 is 4.39 Å². The summed E-state index contributed by atoms with van der Waals surface area (Å²) in [5, 5.41) is 14.3. The first-order valence-corrected chi connectivity index (χ1v) is 7.11. The van der Waals surface area contributed by atoms with Crippen LogP contribution in [0.2, 0.25) is 0 Å². The Morgan fingerprint density at radius 1 is 1.00 bits per heavy atom. The topological polar surface area (TPSA) is 35.8 Å². The molecule has 21 heavy (non-hydrogen) atoms. The van der Waals surface area contributed by atoms with Crippen molar-refractivity contribution in [1.82, 2.24) is 0 Å². The third-order valence-electron chi connectivity index (χ3n) is 3.21. The van der Waals surface area contributed by atoms with Crippen molar-refractivity contribution in [2.24, 2.45) is 0 Å². The van der Waals surface area contributed by atoms with E-state index in [0.29, 0.717) is 5.69 Å². The maximum atomic E-state index is 13.6. The fourth-order valence-electron chi connectivity index (χ4n) is 2.19. The van der Waals surface area contributed by atoms with Crippen molar-refractivity contribution >= 4 is 38.1 Å². The van der Waals surface area contributed by atoms with Gasteiger partial charge in [-0.05, 0) is 47.2 Å². The van der Waals surface area contributed by atoms with E-state index in [1.807, 2.05) is 42.5 Å². The van der Waals surface area contributed by atoms with Gasteiger partial charge in [-0.2, -0.15) is 5.26 Å². The largest absolute Gasteiger partial charge is 0.354 e. The van der Waals surface area contributed by atoms with Crippen LogP contribution in [0.3, 0.4) is 0 Å². The maximum Gasteiger partial charge on any atom is 0.143 e. The molecular weight excluding hydrogens is 331 g/mol. The second-order valence-electron chi connectivity index (χ2n) is 4.61. The van der Waals surface area contributed by atoms with E-state index < -0.39 is 5.82 Å². The van der Waals surface area contributed by atoms with E-state index in [4.69, 9.17) is 5.26 Å².